The lowest BCUT2D eigenvalue weighted by Gasteiger charge is -2.38. The van der Waals surface area contributed by atoms with Crippen molar-refractivity contribution in [3.8, 4) is 0 Å². The van der Waals surface area contributed by atoms with E-state index >= 15 is 0 Å². The van der Waals surface area contributed by atoms with Gasteiger partial charge in [0.05, 0.1) is 6.54 Å². The lowest BCUT2D eigenvalue weighted by atomic mass is 9.85. The van der Waals surface area contributed by atoms with Crippen molar-refractivity contribution >= 4 is 5.91 Å². The lowest BCUT2D eigenvalue weighted by molar-refractivity contribution is 0.0863. The van der Waals surface area contributed by atoms with Crippen molar-refractivity contribution in [2.45, 2.75) is 46.3 Å². The highest BCUT2D eigenvalue weighted by Gasteiger charge is 2.29. The van der Waals surface area contributed by atoms with Crippen molar-refractivity contribution in [1.29, 1.82) is 0 Å². The van der Waals surface area contributed by atoms with E-state index in [9.17, 15) is 4.79 Å². The first kappa shape index (κ1) is 21.3. The molecular formula is C26H32N4O. The van der Waals surface area contributed by atoms with Gasteiger partial charge in [-0.25, -0.2) is 0 Å². The number of benzene rings is 2. The van der Waals surface area contributed by atoms with Crippen molar-refractivity contribution in [2.75, 3.05) is 13.1 Å². The number of nitrogens with one attached hydrogen (secondary N) is 1. The zero-order valence-corrected chi connectivity index (χ0v) is 18.7. The Bertz CT molecular complexity index is 1000. The molecule has 0 spiro atoms. The third kappa shape index (κ3) is 5.42. The predicted octanol–water partition coefficient (Wildman–Crippen LogP) is 4.13. The van der Waals surface area contributed by atoms with Crippen LogP contribution in [0.25, 0.3) is 0 Å². The Balaban J connectivity index is 1.40. The van der Waals surface area contributed by atoms with Crippen LogP contribution in [0.1, 0.15) is 47.8 Å². The van der Waals surface area contributed by atoms with E-state index in [1.165, 1.54) is 11.1 Å². The number of carbonyl (C=O) groups is 1. The smallest absolute Gasteiger partial charge is 0.251 e. The largest absolute Gasteiger partial charge is 0.347 e. The van der Waals surface area contributed by atoms with Gasteiger partial charge in [0.2, 0.25) is 0 Å². The number of hydrogen-bond donors (Lipinski definition) is 1. The molecule has 5 nitrogen and oxygen atoms in total. The molecule has 4 rings (SSSR count). The van der Waals surface area contributed by atoms with Crippen LogP contribution in [-0.2, 0) is 19.5 Å². The SMILES string of the molecule is CC(C)(C)[C@H](CN1CCc2ccccc2C1)NC(=O)c1ccc(Cn2cccn2)cc1. The van der Waals surface area contributed by atoms with Gasteiger partial charge in [-0.1, -0.05) is 57.2 Å². The van der Waals surface area contributed by atoms with E-state index in [0.717, 1.165) is 31.6 Å². The van der Waals surface area contributed by atoms with E-state index in [1.54, 1.807) is 6.20 Å². The van der Waals surface area contributed by atoms with Gasteiger partial charge in [0, 0.05) is 43.6 Å². The molecule has 0 fully saturated rings. The van der Waals surface area contributed by atoms with Crippen molar-refractivity contribution in [1.82, 2.24) is 20.0 Å². The topological polar surface area (TPSA) is 50.2 Å². The highest BCUT2D eigenvalue weighted by atomic mass is 16.1. The van der Waals surface area contributed by atoms with Crippen LogP contribution in [0.4, 0.5) is 0 Å². The van der Waals surface area contributed by atoms with E-state index < -0.39 is 0 Å². The Morgan fingerprint density at radius 3 is 2.48 bits per heavy atom. The van der Waals surface area contributed by atoms with Crippen LogP contribution in [0.15, 0.2) is 67.0 Å². The number of nitrogens with zero attached hydrogens (tertiary/aromatic N) is 3. The molecule has 2 aromatic carbocycles. The summed E-state index contributed by atoms with van der Waals surface area (Å²) in [7, 11) is 0. The Morgan fingerprint density at radius 1 is 1.06 bits per heavy atom. The number of rotatable bonds is 6. The summed E-state index contributed by atoms with van der Waals surface area (Å²) in [5.41, 5.74) is 4.64. The second-order valence-corrected chi connectivity index (χ2v) is 9.55. The summed E-state index contributed by atoms with van der Waals surface area (Å²) in [6.07, 6.45) is 4.78. The van der Waals surface area contributed by atoms with E-state index in [-0.39, 0.29) is 17.4 Å². The Morgan fingerprint density at radius 2 is 1.81 bits per heavy atom. The predicted molar refractivity (Wildman–Crippen MR) is 124 cm³/mol. The number of fused-ring (bicyclic) bond motifs is 1. The average molecular weight is 417 g/mol. The minimum absolute atomic E-state index is 0.0111. The molecule has 0 saturated heterocycles. The molecule has 0 radical (unpaired) electrons. The van der Waals surface area contributed by atoms with E-state index in [1.807, 2.05) is 41.2 Å². The van der Waals surface area contributed by atoms with Crippen LogP contribution in [0.2, 0.25) is 0 Å². The third-order valence-corrected chi connectivity index (χ3v) is 6.12. The molecule has 2 heterocycles. The summed E-state index contributed by atoms with van der Waals surface area (Å²) in [6.45, 7) is 10.1. The van der Waals surface area contributed by atoms with Crippen LogP contribution < -0.4 is 5.32 Å². The fourth-order valence-corrected chi connectivity index (χ4v) is 4.09. The lowest BCUT2D eigenvalue weighted by Crippen LogP contribution is -2.51. The van der Waals surface area contributed by atoms with Crippen LogP contribution in [-0.4, -0.2) is 39.7 Å². The van der Waals surface area contributed by atoms with Crippen molar-refractivity contribution in [3.05, 3.63) is 89.2 Å². The van der Waals surface area contributed by atoms with Crippen LogP contribution in [0, 0.1) is 5.41 Å². The first-order valence-electron chi connectivity index (χ1n) is 11.0. The van der Waals surface area contributed by atoms with Crippen molar-refractivity contribution < 1.29 is 4.79 Å². The molecule has 0 aliphatic carbocycles. The van der Waals surface area contributed by atoms with Gasteiger partial charge in [-0.05, 0) is 46.7 Å². The first-order valence-corrected chi connectivity index (χ1v) is 11.0. The fourth-order valence-electron chi connectivity index (χ4n) is 4.09. The zero-order chi connectivity index (χ0) is 21.8. The number of carbonyl (C=O) groups excluding carboxylic acids is 1. The zero-order valence-electron chi connectivity index (χ0n) is 18.7. The quantitative estimate of drug-likeness (QED) is 0.657. The maximum absolute atomic E-state index is 13.0. The Labute approximate surface area is 185 Å². The molecular weight excluding hydrogens is 384 g/mol. The van der Waals surface area contributed by atoms with E-state index in [2.05, 4.69) is 60.4 Å². The van der Waals surface area contributed by atoms with Gasteiger partial charge in [-0.15, -0.1) is 0 Å². The molecule has 162 valence electrons. The third-order valence-electron chi connectivity index (χ3n) is 6.12. The van der Waals surface area contributed by atoms with E-state index in [4.69, 9.17) is 0 Å². The summed E-state index contributed by atoms with van der Waals surface area (Å²) in [4.78, 5) is 15.5. The minimum atomic E-state index is -0.0351. The van der Waals surface area contributed by atoms with Gasteiger partial charge in [0.25, 0.3) is 5.91 Å². The summed E-state index contributed by atoms with van der Waals surface area (Å²) < 4.78 is 1.88. The van der Waals surface area contributed by atoms with E-state index in [0.29, 0.717) is 12.1 Å². The maximum atomic E-state index is 13.0. The fraction of sp³-hybridized carbons (Fsp3) is 0.385. The van der Waals surface area contributed by atoms with Crippen LogP contribution in [0.5, 0.6) is 0 Å². The molecule has 5 heteroatoms. The minimum Gasteiger partial charge on any atom is -0.347 e. The normalized spacial score (nSPS) is 15.3. The Hall–Kier alpha value is -2.92. The van der Waals surface area contributed by atoms with Gasteiger partial charge in [-0.2, -0.15) is 5.10 Å². The molecule has 0 saturated carbocycles. The van der Waals surface area contributed by atoms with Gasteiger partial charge in [0.1, 0.15) is 0 Å². The maximum Gasteiger partial charge on any atom is 0.251 e. The number of amides is 1. The molecule has 1 atom stereocenters. The second kappa shape index (κ2) is 9.06. The van der Waals surface area contributed by atoms with Gasteiger partial charge >= 0.3 is 0 Å². The second-order valence-electron chi connectivity index (χ2n) is 9.55. The molecule has 1 aliphatic rings. The van der Waals surface area contributed by atoms with Crippen molar-refractivity contribution in [3.63, 3.8) is 0 Å². The molecule has 1 N–H and O–H groups in total. The highest BCUT2D eigenvalue weighted by molar-refractivity contribution is 5.94. The summed E-state index contributed by atoms with van der Waals surface area (Å²) in [6, 6.07) is 18.5. The molecule has 0 bridgehead atoms. The average Bonchev–Trinajstić information content (AvgIpc) is 3.26. The number of hydrogen-bond acceptors (Lipinski definition) is 3. The first-order chi connectivity index (χ1) is 14.9. The van der Waals surface area contributed by atoms with Gasteiger partial charge in [-0.3, -0.25) is 14.4 Å². The van der Waals surface area contributed by atoms with Crippen molar-refractivity contribution in [2.24, 2.45) is 5.41 Å². The molecule has 1 amide bonds. The van der Waals surface area contributed by atoms with Gasteiger partial charge < -0.3 is 5.32 Å². The highest BCUT2D eigenvalue weighted by Crippen LogP contribution is 2.24. The summed E-state index contributed by atoms with van der Waals surface area (Å²) >= 11 is 0. The molecule has 31 heavy (non-hydrogen) atoms. The Kier molecular flexibility index (Phi) is 6.23. The molecule has 1 aromatic heterocycles. The molecule has 3 aromatic rings. The molecule has 1 aliphatic heterocycles. The standard InChI is InChI=1S/C26H32N4O/c1-26(2,3)24(19-29-16-13-21-7-4-5-8-23(21)18-29)28-25(31)22-11-9-20(10-12-22)17-30-15-6-14-27-30/h4-12,14-15,24H,13,16-19H2,1-3H3,(H,28,31)/t24-/m0/s1. The summed E-state index contributed by atoms with van der Waals surface area (Å²) in [5, 5.41) is 7.55. The summed E-state index contributed by atoms with van der Waals surface area (Å²) in [5.74, 6) is -0.0111. The monoisotopic (exact) mass is 416 g/mol. The molecule has 0 unspecified atom stereocenters. The van der Waals surface area contributed by atoms with Crippen LogP contribution >= 0.6 is 0 Å². The van der Waals surface area contributed by atoms with Crippen LogP contribution in [0.3, 0.4) is 0 Å². The number of aromatic nitrogens is 2. The van der Waals surface area contributed by atoms with Gasteiger partial charge in [0.15, 0.2) is 0 Å².